The molecular weight excluding hydrogens is 410 g/mol. The van der Waals surface area contributed by atoms with E-state index in [9.17, 15) is 4.79 Å². The van der Waals surface area contributed by atoms with Crippen LogP contribution in [0, 0.1) is 0 Å². The molecular formula is C23H23N5O2S. The van der Waals surface area contributed by atoms with Crippen LogP contribution in [0.3, 0.4) is 0 Å². The van der Waals surface area contributed by atoms with Crippen molar-refractivity contribution in [2.75, 3.05) is 36.5 Å². The van der Waals surface area contributed by atoms with Crippen LogP contribution < -0.4 is 10.2 Å². The lowest BCUT2D eigenvalue weighted by atomic mass is 10.2. The van der Waals surface area contributed by atoms with Gasteiger partial charge in [-0.05, 0) is 42.3 Å². The Balaban J connectivity index is 1.20. The number of morpholine rings is 1. The molecule has 1 fully saturated rings. The SMILES string of the molecule is O=C(CCc1cnn(-c2ccccc2)c1)Nc1ccc2nc(N3CCOCC3)sc2c1. The fourth-order valence-electron chi connectivity index (χ4n) is 3.57. The number of anilines is 2. The summed E-state index contributed by atoms with van der Waals surface area (Å²) in [5.74, 6) is -0.00951. The first kappa shape index (κ1) is 19.7. The van der Waals surface area contributed by atoms with Gasteiger partial charge in [-0.3, -0.25) is 4.79 Å². The van der Waals surface area contributed by atoms with E-state index in [1.54, 1.807) is 11.3 Å². The number of benzene rings is 2. The summed E-state index contributed by atoms with van der Waals surface area (Å²) < 4.78 is 8.32. The van der Waals surface area contributed by atoms with E-state index in [1.807, 2.05) is 65.6 Å². The third-order valence-electron chi connectivity index (χ3n) is 5.24. The maximum absolute atomic E-state index is 12.5. The second-order valence-electron chi connectivity index (χ2n) is 7.46. The maximum atomic E-state index is 12.5. The molecule has 2 aromatic carbocycles. The Morgan fingerprint density at radius 2 is 1.97 bits per heavy atom. The summed E-state index contributed by atoms with van der Waals surface area (Å²) in [6.45, 7) is 3.21. The van der Waals surface area contributed by atoms with Crippen LogP contribution in [0.2, 0.25) is 0 Å². The summed E-state index contributed by atoms with van der Waals surface area (Å²) in [7, 11) is 0. The molecule has 0 unspecified atom stereocenters. The minimum atomic E-state index is -0.00951. The number of carbonyl (C=O) groups is 1. The number of para-hydroxylation sites is 1. The topological polar surface area (TPSA) is 72.3 Å². The van der Waals surface area contributed by atoms with Crippen molar-refractivity contribution in [2.45, 2.75) is 12.8 Å². The number of hydrogen-bond acceptors (Lipinski definition) is 6. The van der Waals surface area contributed by atoms with Gasteiger partial charge < -0.3 is 15.0 Å². The number of nitrogens with one attached hydrogen (secondary N) is 1. The van der Waals surface area contributed by atoms with Crippen LogP contribution in [0.1, 0.15) is 12.0 Å². The Morgan fingerprint density at radius 1 is 1.13 bits per heavy atom. The van der Waals surface area contributed by atoms with E-state index in [0.29, 0.717) is 12.8 Å². The number of carbonyl (C=O) groups excluding carboxylic acids is 1. The highest BCUT2D eigenvalue weighted by Crippen LogP contribution is 2.31. The summed E-state index contributed by atoms with van der Waals surface area (Å²) in [5.41, 5.74) is 3.80. The van der Waals surface area contributed by atoms with Gasteiger partial charge in [0.05, 0.1) is 35.3 Å². The Morgan fingerprint density at radius 3 is 2.81 bits per heavy atom. The summed E-state index contributed by atoms with van der Waals surface area (Å²) in [4.78, 5) is 19.5. The Hall–Kier alpha value is -3.23. The Labute approximate surface area is 184 Å². The maximum Gasteiger partial charge on any atom is 0.224 e. The second kappa shape index (κ2) is 8.87. The first-order valence-corrected chi connectivity index (χ1v) is 11.2. The lowest BCUT2D eigenvalue weighted by molar-refractivity contribution is -0.116. The van der Waals surface area contributed by atoms with Crippen LogP contribution in [0.4, 0.5) is 10.8 Å². The van der Waals surface area contributed by atoms with E-state index in [2.05, 4.69) is 15.3 Å². The van der Waals surface area contributed by atoms with Gasteiger partial charge in [0, 0.05) is 31.4 Å². The third-order valence-corrected chi connectivity index (χ3v) is 6.32. The number of amides is 1. The number of fused-ring (bicyclic) bond motifs is 1. The summed E-state index contributed by atoms with van der Waals surface area (Å²) in [6, 6.07) is 15.8. The Bertz CT molecular complexity index is 1180. The molecule has 8 heteroatoms. The van der Waals surface area contributed by atoms with Crippen molar-refractivity contribution in [3.8, 4) is 5.69 Å². The van der Waals surface area contributed by atoms with Crippen molar-refractivity contribution in [1.29, 1.82) is 0 Å². The van der Waals surface area contributed by atoms with Crippen LogP contribution in [-0.4, -0.2) is 47.0 Å². The number of ether oxygens (including phenoxy) is 1. The lowest BCUT2D eigenvalue weighted by Gasteiger charge is -2.25. The number of hydrogen-bond donors (Lipinski definition) is 1. The van der Waals surface area contributed by atoms with Crippen molar-refractivity contribution < 1.29 is 9.53 Å². The Kier molecular flexibility index (Phi) is 5.64. The minimum absolute atomic E-state index is 0.00951. The average molecular weight is 434 g/mol. The second-order valence-corrected chi connectivity index (χ2v) is 8.46. The van der Waals surface area contributed by atoms with Crippen molar-refractivity contribution in [3.63, 3.8) is 0 Å². The molecule has 1 amide bonds. The molecule has 2 aromatic heterocycles. The van der Waals surface area contributed by atoms with Crippen molar-refractivity contribution in [2.24, 2.45) is 0 Å². The summed E-state index contributed by atoms with van der Waals surface area (Å²) in [5, 5.41) is 8.41. The molecule has 5 rings (SSSR count). The molecule has 0 atom stereocenters. The zero-order valence-corrected chi connectivity index (χ0v) is 17.8. The van der Waals surface area contributed by atoms with Gasteiger partial charge in [0.15, 0.2) is 5.13 Å². The predicted octanol–water partition coefficient (Wildman–Crippen LogP) is 3.89. The molecule has 1 aliphatic rings. The van der Waals surface area contributed by atoms with Gasteiger partial charge in [0.25, 0.3) is 0 Å². The van der Waals surface area contributed by atoms with E-state index in [1.165, 1.54) is 0 Å². The van der Waals surface area contributed by atoms with Gasteiger partial charge in [-0.2, -0.15) is 5.10 Å². The number of rotatable bonds is 6. The van der Waals surface area contributed by atoms with Crippen molar-refractivity contribution in [3.05, 3.63) is 66.5 Å². The third kappa shape index (κ3) is 4.60. The first-order chi connectivity index (χ1) is 15.2. The zero-order valence-electron chi connectivity index (χ0n) is 17.0. The largest absolute Gasteiger partial charge is 0.378 e. The molecule has 1 saturated heterocycles. The zero-order chi connectivity index (χ0) is 21.0. The molecule has 4 aromatic rings. The number of nitrogens with zero attached hydrogens (tertiary/aromatic N) is 4. The van der Waals surface area contributed by atoms with Crippen LogP contribution in [-0.2, 0) is 16.0 Å². The molecule has 0 spiro atoms. The van der Waals surface area contributed by atoms with Gasteiger partial charge in [0.1, 0.15) is 0 Å². The van der Waals surface area contributed by atoms with Crippen LogP contribution in [0.25, 0.3) is 15.9 Å². The van der Waals surface area contributed by atoms with Gasteiger partial charge in [-0.25, -0.2) is 9.67 Å². The van der Waals surface area contributed by atoms with Gasteiger partial charge in [-0.1, -0.05) is 29.5 Å². The van der Waals surface area contributed by atoms with Crippen LogP contribution in [0.5, 0.6) is 0 Å². The molecule has 158 valence electrons. The van der Waals surface area contributed by atoms with Crippen molar-refractivity contribution in [1.82, 2.24) is 14.8 Å². The smallest absolute Gasteiger partial charge is 0.224 e. The fourth-order valence-corrected chi connectivity index (χ4v) is 4.63. The number of aryl methyl sites for hydroxylation is 1. The summed E-state index contributed by atoms with van der Waals surface area (Å²) in [6.07, 6.45) is 4.83. The average Bonchev–Trinajstić information content (AvgIpc) is 3.46. The molecule has 1 aliphatic heterocycles. The van der Waals surface area contributed by atoms with E-state index in [0.717, 1.165) is 58.6 Å². The number of thiazole rings is 1. The highest BCUT2D eigenvalue weighted by molar-refractivity contribution is 7.22. The molecule has 0 saturated carbocycles. The van der Waals surface area contributed by atoms with E-state index in [4.69, 9.17) is 9.72 Å². The highest BCUT2D eigenvalue weighted by atomic mass is 32.1. The van der Waals surface area contributed by atoms with E-state index >= 15 is 0 Å². The lowest BCUT2D eigenvalue weighted by Crippen LogP contribution is -2.36. The molecule has 0 aliphatic carbocycles. The van der Waals surface area contributed by atoms with Crippen LogP contribution >= 0.6 is 11.3 Å². The molecule has 7 nitrogen and oxygen atoms in total. The normalized spacial score (nSPS) is 14.1. The quantitative estimate of drug-likeness (QED) is 0.499. The molecule has 0 radical (unpaired) electrons. The predicted molar refractivity (Wildman–Crippen MR) is 123 cm³/mol. The van der Waals surface area contributed by atoms with Crippen molar-refractivity contribution >= 4 is 38.3 Å². The highest BCUT2D eigenvalue weighted by Gasteiger charge is 2.16. The fraction of sp³-hybridized carbons (Fsp3) is 0.261. The molecule has 1 N–H and O–H groups in total. The molecule has 31 heavy (non-hydrogen) atoms. The van der Waals surface area contributed by atoms with Gasteiger partial charge in [-0.15, -0.1) is 0 Å². The van der Waals surface area contributed by atoms with Crippen LogP contribution in [0.15, 0.2) is 60.9 Å². The van der Waals surface area contributed by atoms with Gasteiger partial charge in [0.2, 0.25) is 5.91 Å². The summed E-state index contributed by atoms with van der Waals surface area (Å²) >= 11 is 1.65. The minimum Gasteiger partial charge on any atom is -0.378 e. The van der Waals surface area contributed by atoms with E-state index < -0.39 is 0 Å². The molecule has 3 heterocycles. The first-order valence-electron chi connectivity index (χ1n) is 10.4. The van der Waals surface area contributed by atoms with Gasteiger partial charge >= 0.3 is 0 Å². The number of aromatic nitrogens is 3. The molecule has 0 bridgehead atoms. The van der Waals surface area contributed by atoms with E-state index in [-0.39, 0.29) is 5.91 Å². The standard InChI is InChI=1S/C23H23N5O2S/c29-22(9-6-17-15-24-28(16-17)19-4-2-1-3-5-19)25-18-7-8-20-21(14-18)31-23(26-20)27-10-12-30-13-11-27/h1-5,7-8,14-16H,6,9-13H2,(H,25,29). The monoisotopic (exact) mass is 433 g/mol.